The number of aromatic nitrogens is 2. The van der Waals surface area contributed by atoms with Crippen molar-refractivity contribution in [1.82, 2.24) is 9.55 Å². The second-order valence-electron chi connectivity index (χ2n) is 4.93. The first-order chi connectivity index (χ1) is 8.15. The maximum absolute atomic E-state index is 13.5. The minimum absolute atomic E-state index is 0.178. The van der Waals surface area contributed by atoms with E-state index in [-0.39, 0.29) is 5.82 Å². The summed E-state index contributed by atoms with van der Waals surface area (Å²) in [6.45, 7) is 2.73. The highest BCUT2D eigenvalue weighted by Crippen LogP contribution is 2.33. The molecule has 90 valence electrons. The molecule has 1 N–H and O–H groups in total. The summed E-state index contributed by atoms with van der Waals surface area (Å²) in [7, 11) is 0. The molecule has 0 radical (unpaired) electrons. The van der Waals surface area contributed by atoms with Crippen LogP contribution in [0.1, 0.15) is 24.8 Å². The molecular formula is C13H15FN2S. The van der Waals surface area contributed by atoms with Gasteiger partial charge in [-0.2, -0.15) is 0 Å². The van der Waals surface area contributed by atoms with Gasteiger partial charge in [0.2, 0.25) is 0 Å². The lowest BCUT2D eigenvalue weighted by molar-refractivity contribution is 0.601. The fourth-order valence-corrected chi connectivity index (χ4v) is 2.52. The predicted molar refractivity (Wildman–Crippen MR) is 69.2 cm³/mol. The lowest BCUT2D eigenvalue weighted by Gasteiger charge is -2.04. The maximum atomic E-state index is 13.5. The van der Waals surface area contributed by atoms with Crippen molar-refractivity contribution in [3.05, 3.63) is 28.3 Å². The van der Waals surface area contributed by atoms with Crippen LogP contribution in [0, 0.1) is 23.4 Å². The summed E-state index contributed by atoms with van der Waals surface area (Å²) in [6.07, 6.45) is 3.88. The zero-order chi connectivity index (χ0) is 12.0. The molecule has 1 saturated carbocycles. The Kier molecular flexibility index (Phi) is 2.54. The molecule has 17 heavy (non-hydrogen) atoms. The highest BCUT2D eigenvalue weighted by atomic mass is 32.1. The quantitative estimate of drug-likeness (QED) is 0.818. The Morgan fingerprint density at radius 1 is 1.47 bits per heavy atom. The molecule has 0 saturated heterocycles. The lowest BCUT2D eigenvalue weighted by atomic mass is 10.2. The number of H-pyrrole nitrogens is 1. The Morgan fingerprint density at radius 2 is 2.24 bits per heavy atom. The van der Waals surface area contributed by atoms with Gasteiger partial charge in [-0.25, -0.2) is 4.39 Å². The van der Waals surface area contributed by atoms with E-state index in [0.717, 1.165) is 23.5 Å². The van der Waals surface area contributed by atoms with Gasteiger partial charge >= 0.3 is 0 Å². The van der Waals surface area contributed by atoms with Crippen LogP contribution >= 0.6 is 12.2 Å². The minimum atomic E-state index is -0.178. The fourth-order valence-electron chi connectivity index (χ4n) is 2.22. The SMILES string of the molecule is Cc1cc2c(cc1F)[nH]c(=S)n2CCC1CC1. The Hall–Kier alpha value is -1.16. The van der Waals surface area contributed by atoms with E-state index in [9.17, 15) is 4.39 Å². The highest BCUT2D eigenvalue weighted by molar-refractivity contribution is 7.71. The third-order valence-electron chi connectivity index (χ3n) is 3.51. The Balaban J connectivity index is 2.05. The molecule has 1 aliphatic carbocycles. The normalized spacial score (nSPS) is 15.6. The summed E-state index contributed by atoms with van der Waals surface area (Å²) in [5, 5.41) is 0. The van der Waals surface area contributed by atoms with Crippen LogP contribution in [-0.2, 0) is 6.54 Å². The second-order valence-corrected chi connectivity index (χ2v) is 5.32. The smallest absolute Gasteiger partial charge is 0.178 e. The molecule has 3 rings (SSSR count). The molecule has 2 nitrogen and oxygen atoms in total. The number of halogens is 1. The van der Waals surface area contributed by atoms with Gasteiger partial charge in [0.15, 0.2) is 4.77 Å². The zero-order valence-electron chi connectivity index (χ0n) is 9.79. The van der Waals surface area contributed by atoms with E-state index >= 15 is 0 Å². The first kappa shape index (κ1) is 11.0. The monoisotopic (exact) mass is 250 g/mol. The van der Waals surface area contributed by atoms with Crippen LogP contribution in [0.15, 0.2) is 12.1 Å². The van der Waals surface area contributed by atoms with E-state index in [4.69, 9.17) is 12.2 Å². The van der Waals surface area contributed by atoms with Crippen LogP contribution in [0.5, 0.6) is 0 Å². The first-order valence-corrected chi connectivity index (χ1v) is 6.44. The third-order valence-corrected chi connectivity index (χ3v) is 3.83. The van der Waals surface area contributed by atoms with Crippen molar-refractivity contribution in [1.29, 1.82) is 0 Å². The van der Waals surface area contributed by atoms with Crippen LogP contribution in [0.2, 0.25) is 0 Å². The van der Waals surface area contributed by atoms with E-state index in [0.29, 0.717) is 10.3 Å². The van der Waals surface area contributed by atoms with E-state index in [1.54, 1.807) is 6.92 Å². The number of benzene rings is 1. The molecule has 1 fully saturated rings. The third kappa shape index (κ3) is 2.02. The maximum Gasteiger partial charge on any atom is 0.178 e. The van der Waals surface area contributed by atoms with Gasteiger partial charge in [0, 0.05) is 6.54 Å². The number of rotatable bonds is 3. The summed E-state index contributed by atoms with van der Waals surface area (Å²) in [5.41, 5.74) is 2.50. The van der Waals surface area contributed by atoms with Gasteiger partial charge < -0.3 is 9.55 Å². The van der Waals surface area contributed by atoms with Gasteiger partial charge in [0.25, 0.3) is 0 Å². The number of aryl methyl sites for hydroxylation is 2. The van der Waals surface area contributed by atoms with Crippen LogP contribution in [-0.4, -0.2) is 9.55 Å². The molecule has 0 amide bonds. The molecular weight excluding hydrogens is 235 g/mol. The Labute approximate surface area is 104 Å². The topological polar surface area (TPSA) is 20.7 Å². The van der Waals surface area contributed by atoms with Gasteiger partial charge in [-0.15, -0.1) is 0 Å². The predicted octanol–water partition coefficient (Wildman–Crippen LogP) is 3.95. The number of fused-ring (bicyclic) bond motifs is 1. The van der Waals surface area contributed by atoms with Gasteiger partial charge in [0.1, 0.15) is 5.82 Å². The van der Waals surface area contributed by atoms with Crippen molar-refractivity contribution < 1.29 is 4.39 Å². The summed E-state index contributed by atoms with van der Waals surface area (Å²) >= 11 is 5.30. The van der Waals surface area contributed by atoms with Crippen molar-refractivity contribution >= 4 is 23.3 Å². The van der Waals surface area contributed by atoms with Gasteiger partial charge in [-0.3, -0.25) is 0 Å². The van der Waals surface area contributed by atoms with Crippen LogP contribution < -0.4 is 0 Å². The van der Waals surface area contributed by atoms with Crippen LogP contribution in [0.3, 0.4) is 0 Å². The van der Waals surface area contributed by atoms with E-state index in [1.165, 1.54) is 25.3 Å². The van der Waals surface area contributed by atoms with E-state index < -0.39 is 0 Å². The molecule has 0 atom stereocenters. The number of hydrogen-bond donors (Lipinski definition) is 1. The fraction of sp³-hybridized carbons (Fsp3) is 0.462. The van der Waals surface area contributed by atoms with Gasteiger partial charge in [0.05, 0.1) is 11.0 Å². The standard InChI is InChI=1S/C13H15FN2S/c1-8-6-12-11(7-10(8)14)15-13(17)16(12)5-4-9-2-3-9/h6-7,9H,2-5H2,1H3,(H,15,17). The molecule has 0 spiro atoms. The number of hydrogen-bond acceptors (Lipinski definition) is 1. The largest absolute Gasteiger partial charge is 0.330 e. The van der Waals surface area contributed by atoms with E-state index in [2.05, 4.69) is 9.55 Å². The van der Waals surface area contributed by atoms with Crippen molar-refractivity contribution in [3.8, 4) is 0 Å². The van der Waals surface area contributed by atoms with Crippen molar-refractivity contribution in [2.45, 2.75) is 32.7 Å². The molecule has 2 aromatic rings. The van der Waals surface area contributed by atoms with Crippen molar-refractivity contribution in [3.63, 3.8) is 0 Å². The minimum Gasteiger partial charge on any atom is -0.330 e. The van der Waals surface area contributed by atoms with Gasteiger partial charge in [-0.05, 0) is 49.2 Å². The average Bonchev–Trinajstić information content (AvgIpc) is 3.04. The number of aromatic amines is 1. The number of nitrogens with zero attached hydrogens (tertiary/aromatic N) is 1. The van der Waals surface area contributed by atoms with Crippen LogP contribution in [0.4, 0.5) is 4.39 Å². The number of nitrogens with one attached hydrogen (secondary N) is 1. The van der Waals surface area contributed by atoms with Gasteiger partial charge in [-0.1, -0.05) is 12.8 Å². The highest BCUT2D eigenvalue weighted by Gasteiger charge is 2.21. The van der Waals surface area contributed by atoms with Crippen LogP contribution in [0.25, 0.3) is 11.0 Å². The summed E-state index contributed by atoms with van der Waals surface area (Å²) in [4.78, 5) is 3.08. The molecule has 0 unspecified atom stereocenters. The molecule has 1 aromatic heterocycles. The van der Waals surface area contributed by atoms with Crippen molar-refractivity contribution in [2.75, 3.05) is 0 Å². The molecule has 1 heterocycles. The summed E-state index contributed by atoms with van der Waals surface area (Å²) in [5.74, 6) is 0.700. The molecule has 4 heteroatoms. The Bertz CT molecular complexity index is 622. The molecule has 1 aromatic carbocycles. The first-order valence-electron chi connectivity index (χ1n) is 6.04. The lowest BCUT2D eigenvalue weighted by Crippen LogP contribution is -1.99. The average molecular weight is 250 g/mol. The molecule has 0 bridgehead atoms. The Morgan fingerprint density at radius 3 is 2.94 bits per heavy atom. The number of imidazole rings is 1. The van der Waals surface area contributed by atoms with Crippen molar-refractivity contribution in [2.24, 2.45) is 5.92 Å². The zero-order valence-corrected chi connectivity index (χ0v) is 10.6. The molecule has 1 aliphatic rings. The summed E-state index contributed by atoms with van der Waals surface area (Å²) in [6, 6.07) is 3.41. The molecule has 0 aliphatic heterocycles. The summed E-state index contributed by atoms with van der Waals surface area (Å²) < 4.78 is 16.2. The van der Waals surface area contributed by atoms with E-state index in [1.807, 2.05) is 6.07 Å². The second kappa shape index (κ2) is 3.95.